The van der Waals surface area contributed by atoms with E-state index < -0.39 is 0 Å². The van der Waals surface area contributed by atoms with E-state index in [0.29, 0.717) is 17.9 Å². The fraction of sp³-hybridized carbons (Fsp3) is 0.188. The van der Waals surface area contributed by atoms with Gasteiger partial charge < -0.3 is 14.2 Å². The first-order chi connectivity index (χ1) is 9.76. The molecule has 0 atom stereocenters. The summed E-state index contributed by atoms with van der Waals surface area (Å²) in [5, 5.41) is 9.04. The van der Waals surface area contributed by atoms with Crippen molar-refractivity contribution in [3.05, 3.63) is 53.6 Å². The lowest BCUT2D eigenvalue weighted by Crippen LogP contribution is -1.97. The van der Waals surface area contributed by atoms with Crippen molar-refractivity contribution in [2.45, 2.75) is 6.61 Å². The predicted octanol–water partition coefficient (Wildman–Crippen LogP) is 3.15. The van der Waals surface area contributed by atoms with Crippen molar-refractivity contribution in [2.75, 3.05) is 14.2 Å². The second kappa shape index (κ2) is 6.48. The van der Waals surface area contributed by atoms with Crippen LogP contribution in [0.25, 0.3) is 0 Å². The Hall–Kier alpha value is -2.67. The summed E-state index contributed by atoms with van der Waals surface area (Å²) in [4.78, 5) is 0. The van der Waals surface area contributed by atoms with Crippen molar-refractivity contribution in [2.24, 2.45) is 0 Å². The predicted molar refractivity (Wildman–Crippen MR) is 75.0 cm³/mol. The lowest BCUT2D eigenvalue weighted by Gasteiger charge is -2.09. The van der Waals surface area contributed by atoms with Crippen LogP contribution in [0.3, 0.4) is 0 Å². The van der Waals surface area contributed by atoms with E-state index in [9.17, 15) is 0 Å². The van der Waals surface area contributed by atoms with Crippen molar-refractivity contribution >= 4 is 0 Å². The maximum Gasteiger partial charge on any atom is 0.136 e. The van der Waals surface area contributed by atoms with E-state index in [1.54, 1.807) is 26.4 Å². The highest BCUT2D eigenvalue weighted by atomic mass is 16.5. The topological polar surface area (TPSA) is 51.5 Å². The van der Waals surface area contributed by atoms with Gasteiger partial charge in [0.1, 0.15) is 29.9 Å². The molecule has 2 aromatic rings. The third-order valence-electron chi connectivity index (χ3n) is 2.83. The fourth-order valence-corrected chi connectivity index (χ4v) is 1.79. The van der Waals surface area contributed by atoms with Gasteiger partial charge in [0.15, 0.2) is 0 Å². The van der Waals surface area contributed by atoms with Crippen LogP contribution in [0.1, 0.15) is 11.1 Å². The molecule has 102 valence electrons. The first-order valence-electron chi connectivity index (χ1n) is 6.10. The van der Waals surface area contributed by atoms with Gasteiger partial charge in [-0.1, -0.05) is 12.1 Å². The van der Waals surface area contributed by atoms with Crippen molar-refractivity contribution in [3.63, 3.8) is 0 Å². The molecule has 0 aliphatic carbocycles. The van der Waals surface area contributed by atoms with Crippen LogP contribution in [-0.2, 0) is 6.61 Å². The lowest BCUT2D eigenvalue weighted by molar-refractivity contribution is 0.303. The van der Waals surface area contributed by atoms with Gasteiger partial charge >= 0.3 is 0 Å². The average molecular weight is 269 g/mol. The van der Waals surface area contributed by atoms with Crippen LogP contribution in [0.15, 0.2) is 42.5 Å². The Morgan fingerprint density at radius 1 is 1.00 bits per heavy atom. The van der Waals surface area contributed by atoms with Crippen LogP contribution in [0.5, 0.6) is 17.2 Å². The smallest absolute Gasteiger partial charge is 0.136 e. The van der Waals surface area contributed by atoms with Crippen molar-refractivity contribution < 1.29 is 14.2 Å². The summed E-state index contributed by atoms with van der Waals surface area (Å²) >= 11 is 0. The molecule has 0 aromatic heterocycles. The Labute approximate surface area is 118 Å². The van der Waals surface area contributed by atoms with E-state index in [2.05, 4.69) is 6.07 Å². The Morgan fingerprint density at radius 3 is 2.50 bits per heavy atom. The van der Waals surface area contributed by atoms with Gasteiger partial charge in [0.05, 0.1) is 19.8 Å². The van der Waals surface area contributed by atoms with Gasteiger partial charge in [-0.05, 0) is 29.8 Å². The Bertz CT molecular complexity index is 632. The van der Waals surface area contributed by atoms with Crippen LogP contribution < -0.4 is 14.2 Å². The number of benzene rings is 2. The molecule has 2 rings (SSSR count). The largest absolute Gasteiger partial charge is 0.497 e. The summed E-state index contributed by atoms with van der Waals surface area (Å²) in [6.07, 6.45) is 0. The Kier molecular flexibility index (Phi) is 4.46. The SMILES string of the molecule is COc1cccc(OCc2ccc(OC)c(C#N)c2)c1. The maximum absolute atomic E-state index is 9.04. The first kappa shape index (κ1) is 13.8. The minimum Gasteiger partial charge on any atom is -0.497 e. The number of ether oxygens (including phenoxy) is 3. The summed E-state index contributed by atoms with van der Waals surface area (Å²) in [7, 11) is 3.16. The zero-order chi connectivity index (χ0) is 14.4. The molecule has 0 bridgehead atoms. The van der Waals surface area contributed by atoms with Gasteiger partial charge in [-0.25, -0.2) is 0 Å². The van der Waals surface area contributed by atoms with Crippen LogP contribution in [-0.4, -0.2) is 14.2 Å². The molecule has 0 spiro atoms. The van der Waals surface area contributed by atoms with Gasteiger partial charge in [0, 0.05) is 6.07 Å². The molecule has 20 heavy (non-hydrogen) atoms. The quantitative estimate of drug-likeness (QED) is 0.836. The van der Waals surface area contributed by atoms with Gasteiger partial charge in [0.2, 0.25) is 0 Å². The van der Waals surface area contributed by atoms with E-state index in [1.807, 2.05) is 30.3 Å². The fourth-order valence-electron chi connectivity index (χ4n) is 1.79. The summed E-state index contributed by atoms with van der Waals surface area (Å²) in [5.41, 5.74) is 1.41. The van der Waals surface area contributed by atoms with Gasteiger partial charge in [-0.3, -0.25) is 0 Å². The Morgan fingerprint density at radius 2 is 1.80 bits per heavy atom. The molecule has 4 nitrogen and oxygen atoms in total. The van der Waals surface area contributed by atoms with E-state index >= 15 is 0 Å². The highest BCUT2D eigenvalue weighted by molar-refractivity contribution is 5.45. The second-order valence-electron chi connectivity index (χ2n) is 4.11. The number of methoxy groups -OCH3 is 2. The third kappa shape index (κ3) is 3.21. The molecule has 2 aromatic carbocycles. The summed E-state index contributed by atoms with van der Waals surface area (Å²) in [5.74, 6) is 2.03. The van der Waals surface area contributed by atoms with Crippen LogP contribution in [0.2, 0.25) is 0 Å². The van der Waals surface area contributed by atoms with Crippen molar-refractivity contribution in [3.8, 4) is 23.3 Å². The maximum atomic E-state index is 9.04. The molecule has 4 heteroatoms. The minimum absolute atomic E-state index is 0.381. The molecule has 0 aliphatic rings. The number of nitriles is 1. The monoisotopic (exact) mass is 269 g/mol. The summed E-state index contributed by atoms with van der Waals surface area (Å²) in [6.45, 7) is 0.381. The van der Waals surface area contributed by atoms with E-state index in [4.69, 9.17) is 19.5 Å². The molecular weight excluding hydrogens is 254 g/mol. The van der Waals surface area contributed by atoms with Crippen molar-refractivity contribution in [1.82, 2.24) is 0 Å². The number of nitrogens with zero attached hydrogens (tertiary/aromatic N) is 1. The van der Waals surface area contributed by atoms with Gasteiger partial charge in [-0.2, -0.15) is 5.26 Å². The van der Waals surface area contributed by atoms with Gasteiger partial charge in [-0.15, -0.1) is 0 Å². The van der Waals surface area contributed by atoms with E-state index in [1.165, 1.54) is 0 Å². The number of hydrogen-bond donors (Lipinski definition) is 0. The van der Waals surface area contributed by atoms with E-state index in [-0.39, 0.29) is 0 Å². The molecular formula is C16H15NO3. The highest BCUT2D eigenvalue weighted by Crippen LogP contribution is 2.22. The summed E-state index contributed by atoms with van der Waals surface area (Å²) in [6, 6.07) is 14.9. The number of hydrogen-bond acceptors (Lipinski definition) is 4. The zero-order valence-corrected chi connectivity index (χ0v) is 11.4. The molecule has 0 N–H and O–H groups in total. The number of rotatable bonds is 5. The third-order valence-corrected chi connectivity index (χ3v) is 2.83. The molecule has 0 unspecified atom stereocenters. The molecule has 0 radical (unpaired) electrons. The van der Waals surface area contributed by atoms with Crippen LogP contribution in [0, 0.1) is 11.3 Å². The van der Waals surface area contributed by atoms with E-state index in [0.717, 1.165) is 17.1 Å². The first-order valence-corrected chi connectivity index (χ1v) is 6.10. The molecule has 0 amide bonds. The lowest BCUT2D eigenvalue weighted by atomic mass is 10.1. The summed E-state index contributed by atoms with van der Waals surface area (Å²) < 4.78 is 15.9. The average Bonchev–Trinajstić information content (AvgIpc) is 2.52. The van der Waals surface area contributed by atoms with Crippen LogP contribution in [0.4, 0.5) is 0 Å². The van der Waals surface area contributed by atoms with Crippen molar-refractivity contribution in [1.29, 1.82) is 5.26 Å². The zero-order valence-electron chi connectivity index (χ0n) is 11.4. The normalized spacial score (nSPS) is 9.65. The molecule has 0 saturated heterocycles. The molecule has 0 aliphatic heterocycles. The Balaban J connectivity index is 2.09. The molecule has 0 fully saturated rings. The molecule has 0 heterocycles. The van der Waals surface area contributed by atoms with Gasteiger partial charge in [0.25, 0.3) is 0 Å². The second-order valence-corrected chi connectivity index (χ2v) is 4.11. The minimum atomic E-state index is 0.381. The highest BCUT2D eigenvalue weighted by Gasteiger charge is 2.04. The standard InChI is InChI=1S/C16H15NO3/c1-18-14-4-3-5-15(9-14)20-11-12-6-7-16(19-2)13(8-12)10-17/h3-9H,11H2,1-2H3. The van der Waals surface area contributed by atoms with Crippen LogP contribution >= 0.6 is 0 Å². The molecule has 0 saturated carbocycles.